The standard InChI is InChI=1S/C14H17F3N2S/c1-20-11-2-3-13-12(8-11)10(9-19-13)4-6-18-7-5-14(15,16)17/h2-3,8-9,18-19H,4-7H2,1H3. The van der Waals surface area contributed by atoms with Crippen molar-refractivity contribution < 1.29 is 13.2 Å². The second-order valence-corrected chi connectivity index (χ2v) is 5.47. The van der Waals surface area contributed by atoms with Crippen molar-refractivity contribution in [2.45, 2.75) is 23.9 Å². The van der Waals surface area contributed by atoms with Crippen LogP contribution in [0.5, 0.6) is 0 Å². The van der Waals surface area contributed by atoms with E-state index in [-0.39, 0.29) is 6.54 Å². The fourth-order valence-corrected chi connectivity index (χ4v) is 2.51. The predicted octanol–water partition coefficient (Wildman–Crippen LogP) is 3.97. The van der Waals surface area contributed by atoms with Crippen molar-refractivity contribution in [3.05, 3.63) is 30.0 Å². The Morgan fingerprint density at radius 2 is 2.05 bits per heavy atom. The van der Waals surface area contributed by atoms with Crippen LogP contribution in [0.25, 0.3) is 10.9 Å². The van der Waals surface area contributed by atoms with Gasteiger partial charge in [0.1, 0.15) is 0 Å². The lowest BCUT2D eigenvalue weighted by Gasteiger charge is -2.07. The van der Waals surface area contributed by atoms with Crippen molar-refractivity contribution in [3.8, 4) is 0 Å². The van der Waals surface area contributed by atoms with E-state index in [1.807, 2.05) is 18.5 Å². The molecule has 0 aliphatic rings. The largest absolute Gasteiger partial charge is 0.390 e. The molecule has 0 aliphatic heterocycles. The second kappa shape index (κ2) is 6.54. The summed E-state index contributed by atoms with van der Waals surface area (Å²) in [5.74, 6) is 0. The van der Waals surface area contributed by atoms with Crippen LogP contribution in [0, 0.1) is 0 Å². The number of aromatic nitrogens is 1. The normalized spacial score (nSPS) is 12.2. The quantitative estimate of drug-likeness (QED) is 0.624. The number of H-pyrrole nitrogens is 1. The van der Waals surface area contributed by atoms with Crippen molar-refractivity contribution in [1.29, 1.82) is 0 Å². The van der Waals surface area contributed by atoms with E-state index in [2.05, 4.69) is 22.4 Å². The van der Waals surface area contributed by atoms with Crippen molar-refractivity contribution >= 4 is 22.7 Å². The molecule has 1 heterocycles. The van der Waals surface area contributed by atoms with Crippen LogP contribution in [-0.2, 0) is 6.42 Å². The van der Waals surface area contributed by atoms with E-state index in [1.54, 1.807) is 11.8 Å². The summed E-state index contributed by atoms with van der Waals surface area (Å²) in [5.41, 5.74) is 2.20. The van der Waals surface area contributed by atoms with Gasteiger partial charge < -0.3 is 10.3 Å². The van der Waals surface area contributed by atoms with Gasteiger partial charge in [0, 0.05) is 28.5 Å². The molecule has 6 heteroatoms. The van der Waals surface area contributed by atoms with Crippen LogP contribution in [0.2, 0.25) is 0 Å². The third kappa shape index (κ3) is 4.18. The minimum Gasteiger partial charge on any atom is -0.361 e. The first-order chi connectivity index (χ1) is 9.49. The maximum absolute atomic E-state index is 12.0. The van der Waals surface area contributed by atoms with Crippen LogP contribution in [0.1, 0.15) is 12.0 Å². The smallest absolute Gasteiger partial charge is 0.361 e. The number of alkyl halides is 3. The Morgan fingerprint density at radius 3 is 2.75 bits per heavy atom. The summed E-state index contributed by atoms with van der Waals surface area (Å²) >= 11 is 1.68. The number of benzene rings is 1. The molecule has 0 amide bonds. The fourth-order valence-electron chi connectivity index (χ4n) is 2.07. The Kier molecular flexibility index (Phi) is 4.99. The van der Waals surface area contributed by atoms with Gasteiger partial charge in [-0.2, -0.15) is 13.2 Å². The first kappa shape index (κ1) is 15.3. The summed E-state index contributed by atoms with van der Waals surface area (Å²) in [6.45, 7) is 0.522. The van der Waals surface area contributed by atoms with Crippen LogP contribution in [0.4, 0.5) is 13.2 Å². The molecule has 0 bridgehead atoms. The molecule has 0 radical (unpaired) electrons. The lowest BCUT2D eigenvalue weighted by molar-refractivity contribution is -0.133. The van der Waals surface area contributed by atoms with Crippen molar-refractivity contribution in [1.82, 2.24) is 10.3 Å². The fraction of sp³-hybridized carbons (Fsp3) is 0.429. The van der Waals surface area contributed by atoms with Gasteiger partial charge in [0.05, 0.1) is 6.42 Å². The average molecular weight is 302 g/mol. The van der Waals surface area contributed by atoms with Crippen LogP contribution < -0.4 is 5.32 Å². The topological polar surface area (TPSA) is 27.8 Å². The number of aromatic amines is 1. The second-order valence-electron chi connectivity index (χ2n) is 4.59. The molecule has 0 aliphatic carbocycles. The maximum Gasteiger partial charge on any atom is 0.390 e. The highest BCUT2D eigenvalue weighted by Crippen LogP contribution is 2.24. The molecule has 0 unspecified atom stereocenters. The van der Waals surface area contributed by atoms with E-state index in [0.717, 1.165) is 22.9 Å². The SMILES string of the molecule is CSc1ccc2[nH]cc(CCNCCC(F)(F)F)c2c1. The zero-order valence-corrected chi connectivity index (χ0v) is 12.0. The van der Waals surface area contributed by atoms with E-state index >= 15 is 0 Å². The lowest BCUT2D eigenvalue weighted by atomic mass is 10.1. The summed E-state index contributed by atoms with van der Waals surface area (Å²) in [6.07, 6.45) is -0.194. The molecule has 0 fully saturated rings. The van der Waals surface area contributed by atoms with Gasteiger partial charge >= 0.3 is 6.18 Å². The summed E-state index contributed by atoms with van der Waals surface area (Å²) in [6, 6.07) is 6.19. The van der Waals surface area contributed by atoms with Crippen molar-refractivity contribution in [2.75, 3.05) is 19.3 Å². The van der Waals surface area contributed by atoms with E-state index < -0.39 is 12.6 Å². The summed E-state index contributed by atoms with van der Waals surface area (Å²) in [7, 11) is 0. The minimum absolute atomic E-state index is 0.0259. The van der Waals surface area contributed by atoms with Gasteiger partial charge in [0.2, 0.25) is 0 Å². The first-order valence-electron chi connectivity index (χ1n) is 6.41. The third-order valence-corrected chi connectivity index (χ3v) is 3.86. The van der Waals surface area contributed by atoms with E-state index in [0.29, 0.717) is 6.54 Å². The lowest BCUT2D eigenvalue weighted by Crippen LogP contribution is -2.23. The summed E-state index contributed by atoms with van der Waals surface area (Å²) in [4.78, 5) is 4.37. The number of fused-ring (bicyclic) bond motifs is 1. The molecule has 0 spiro atoms. The third-order valence-electron chi connectivity index (χ3n) is 3.13. The molecular weight excluding hydrogens is 285 g/mol. The molecule has 2 N–H and O–H groups in total. The number of rotatable bonds is 6. The van der Waals surface area contributed by atoms with Crippen LogP contribution in [0.3, 0.4) is 0 Å². The number of hydrogen-bond donors (Lipinski definition) is 2. The molecule has 0 atom stereocenters. The number of nitrogens with one attached hydrogen (secondary N) is 2. The monoisotopic (exact) mass is 302 g/mol. The predicted molar refractivity (Wildman–Crippen MR) is 77.3 cm³/mol. The Balaban J connectivity index is 1.90. The molecule has 0 saturated carbocycles. The van der Waals surface area contributed by atoms with Crippen LogP contribution >= 0.6 is 11.8 Å². The molecular formula is C14H17F3N2S. The Morgan fingerprint density at radius 1 is 1.25 bits per heavy atom. The van der Waals surface area contributed by atoms with Gasteiger partial charge in [0.25, 0.3) is 0 Å². The summed E-state index contributed by atoms with van der Waals surface area (Å²) < 4.78 is 36.0. The van der Waals surface area contributed by atoms with Crippen molar-refractivity contribution in [2.24, 2.45) is 0 Å². The van der Waals surface area contributed by atoms with Crippen LogP contribution in [0.15, 0.2) is 29.3 Å². The number of hydrogen-bond acceptors (Lipinski definition) is 2. The summed E-state index contributed by atoms with van der Waals surface area (Å²) in [5, 5.41) is 3.98. The van der Waals surface area contributed by atoms with Crippen molar-refractivity contribution in [3.63, 3.8) is 0 Å². The average Bonchev–Trinajstić information content (AvgIpc) is 2.79. The highest BCUT2D eigenvalue weighted by atomic mass is 32.2. The van der Waals surface area contributed by atoms with E-state index in [9.17, 15) is 13.2 Å². The van der Waals surface area contributed by atoms with Gasteiger partial charge in [-0.3, -0.25) is 0 Å². The van der Waals surface area contributed by atoms with Gasteiger partial charge in [-0.25, -0.2) is 0 Å². The first-order valence-corrected chi connectivity index (χ1v) is 7.63. The molecule has 1 aromatic heterocycles. The van der Waals surface area contributed by atoms with Gasteiger partial charge in [-0.15, -0.1) is 11.8 Å². The Hall–Kier alpha value is -1.14. The Labute approximate surface area is 120 Å². The molecule has 2 rings (SSSR count). The molecule has 110 valence electrons. The highest BCUT2D eigenvalue weighted by molar-refractivity contribution is 7.98. The molecule has 20 heavy (non-hydrogen) atoms. The van der Waals surface area contributed by atoms with Gasteiger partial charge in [-0.1, -0.05) is 0 Å². The van der Waals surface area contributed by atoms with Gasteiger partial charge in [-0.05, 0) is 43.0 Å². The van der Waals surface area contributed by atoms with E-state index in [4.69, 9.17) is 0 Å². The van der Waals surface area contributed by atoms with E-state index in [1.165, 1.54) is 4.90 Å². The zero-order valence-electron chi connectivity index (χ0n) is 11.2. The zero-order chi connectivity index (χ0) is 14.6. The van der Waals surface area contributed by atoms with Gasteiger partial charge in [0.15, 0.2) is 0 Å². The van der Waals surface area contributed by atoms with Crippen LogP contribution in [-0.4, -0.2) is 30.5 Å². The number of halogens is 3. The molecule has 2 nitrogen and oxygen atoms in total. The highest BCUT2D eigenvalue weighted by Gasteiger charge is 2.25. The molecule has 2 aromatic rings. The maximum atomic E-state index is 12.0. The molecule has 1 aromatic carbocycles. The number of thioether (sulfide) groups is 1. The Bertz CT molecular complexity index is 563. The minimum atomic E-state index is -4.08. The molecule has 0 saturated heterocycles.